The first-order valence-corrected chi connectivity index (χ1v) is 13.7. The van der Waals surface area contributed by atoms with Crippen molar-refractivity contribution < 1.29 is 14.3 Å². The highest BCUT2D eigenvalue weighted by atomic mass is 16.5. The molecule has 0 radical (unpaired) electrons. The van der Waals surface area contributed by atoms with Crippen LogP contribution in [0.4, 0.5) is 10.6 Å². The normalized spacial score (nSPS) is 21.5. The summed E-state index contributed by atoms with van der Waals surface area (Å²) in [5, 5.41) is 7.54. The molecule has 1 saturated carbocycles. The molecule has 0 spiro atoms. The summed E-state index contributed by atoms with van der Waals surface area (Å²) in [6, 6.07) is 6.57. The Bertz CT molecular complexity index is 1300. The van der Waals surface area contributed by atoms with E-state index in [1.54, 1.807) is 35.9 Å². The Morgan fingerprint density at radius 1 is 1.13 bits per heavy atom. The van der Waals surface area contributed by atoms with Gasteiger partial charge in [-0.1, -0.05) is 6.92 Å². The minimum absolute atomic E-state index is 0.0123. The predicted octanol–water partition coefficient (Wildman–Crippen LogP) is 3.12. The number of hydrogen-bond acceptors (Lipinski definition) is 7. The Morgan fingerprint density at radius 3 is 2.59 bits per heavy atom. The van der Waals surface area contributed by atoms with Gasteiger partial charge < -0.3 is 19.9 Å². The number of carbonyl (C=O) groups excluding carboxylic acids is 2. The summed E-state index contributed by atoms with van der Waals surface area (Å²) >= 11 is 0. The predicted molar refractivity (Wildman–Crippen MR) is 148 cm³/mol. The molecule has 2 fully saturated rings. The topological polar surface area (TPSA) is 108 Å². The number of piperazine rings is 1. The number of hydrogen-bond donors (Lipinski definition) is 1. The largest absolute Gasteiger partial charge is 0.373 e. The van der Waals surface area contributed by atoms with Crippen LogP contribution < -0.4 is 5.32 Å². The highest BCUT2D eigenvalue weighted by molar-refractivity contribution is 5.93. The molecule has 5 rings (SSSR count). The number of pyridine rings is 1. The number of ether oxygens (including phenoxy) is 1. The lowest BCUT2D eigenvalue weighted by molar-refractivity contribution is -0.125. The van der Waals surface area contributed by atoms with Crippen LogP contribution in [0.1, 0.15) is 38.9 Å². The molecule has 1 aliphatic carbocycles. The van der Waals surface area contributed by atoms with Crippen LogP contribution in [-0.2, 0) is 16.1 Å². The summed E-state index contributed by atoms with van der Waals surface area (Å²) in [6.45, 7) is 7.62. The number of nitrogens with zero attached hydrogens (tertiary/aromatic N) is 7. The third kappa shape index (κ3) is 6.04. The van der Waals surface area contributed by atoms with Crippen molar-refractivity contribution in [2.24, 2.45) is 5.92 Å². The summed E-state index contributed by atoms with van der Waals surface area (Å²) < 4.78 is 7.26. The lowest BCUT2D eigenvalue weighted by atomic mass is 9.78. The summed E-state index contributed by atoms with van der Waals surface area (Å²) in [5.74, 6) is 1.20. The van der Waals surface area contributed by atoms with Gasteiger partial charge in [-0.15, -0.1) is 0 Å². The van der Waals surface area contributed by atoms with Gasteiger partial charge in [-0.2, -0.15) is 5.10 Å². The van der Waals surface area contributed by atoms with Gasteiger partial charge in [0.2, 0.25) is 5.91 Å². The Hall–Kier alpha value is -3.57. The first-order valence-electron chi connectivity index (χ1n) is 13.7. The molecule has 0 bridgehead atoms. The number of amides is 3. The highest BCUT2D eigenvalue weighted by Crippen LogP contribution is 2.35. The number of aromatic nitrogens is 4. The molecule has 11 nitrogen and oxygen atoms in total. The molecule has 208 valence electrons. The van der Waals surface area contributed by atoms with Crippen molar-refractivity contribution in [1.29, 1.82) is 0 Å². The fraction of sp³-hybridized carbons (Fsp3) is 0.536. The Morgan fingerprint density at radius 2 is 1.90 bits per heavy atom. The summed E-state index contributed by atoms with van der Waals surface area (Å²) in [6.07, 6.45) is 8.10. The van der Waals surface area contributed by atoms with Crippen molar-refractivity contribution in [2.75, 3.05) is 45.7 Å². The van der Waals surface area contributed by atoms with Crippen LogP contribution in [0.3, 0.4) is 0 Å². The van der Waals surface area contributed by atoms with Crippen LogP contribution in [0.2, 0.25) is 0 Å². The second-order valence-electron chi connectivity index (χ2n) is 10.8. The van der Waals surface area contributed by atoms with E-state index in [1.807, 2.05) is 29.3 Å². The van der Waals surface area contributed by atoms with Crippen LogP contribution >= 0.6 is 0 Å². The van der Waals surface area contributed by atoms with Crippen LogP contribution in [0.25, 0.3) is 16.6 Å². The van der Waals surface area contributed by atoms with E-state index < -0.39 is 0 Å². The molecule has 39 heavy (non-hydrogen) atoms. The van der Waals surface area contributed by atoms with Crippen LogP contribution in [-0.4, -0.2) is 98.6 Å². The van der Waals surface area contributed by atoms with Crippen LogP contribution in [0.5, 0.6) is 0 Å². The Labute approximate surface area is 229 Å². The van der Waals surface area contributed by atoms with E-state index in [1.165, 1.54) is 0 Å². The first kappa shape index (κ1) is 27.0. The molecule has 0 aromatic carbocycles. The second kappa shape index (κ2) is 11.7. The van der Waals surface area contributed by atoms with E-state index in [0.717, 1.165) is 55.5 Å². The Balaban J connectivity index is 1.14. The highest BCUT2D eigenvalue weighted by Gasteiger charge is 2.41. The van der Waals surface area contributed by atoms with Gasteiger partial charge in [0.25, 0.3) is 0 Å². The number of anilines is 1. The summed E-state index contributed by atoms with van der Waals surface area (Å²) in [5.41, 5.74) is 2.76. The lowest BCUT2D eigenvalue weighted by Gasteiger charge is -2.49. The van der Waals surface area contributed by atoms with Crippen molar-refractivity contribution >= 4 is 23.3 Å². The second-order valence-corrected chi connectivity index (χ2v) is 10.8. The van der Waals surface area contributed by atoms with Crippen molar-refractivity contribution in [1.82, 2.24) is 34.3 Å². The molecule has 4 heterocycles. The Kier molecular flexibility index (Phi) is 8.08. The quantitative estimate of drug-likeness (QED) is 0.443. The lowest BCUT2D eigenvalue weighted by Crippen LogP contribution is -2.61. The fourth-order valence-electron chi connectivity index (χ4n) is 5.39. The zero-order valence-electron chi connectivity index (χ0n) is 23.2. The number of fused-ring (bicyclic) bond motifs is 1. The van der Waals surface area contributed by atoms with Gasteiger partial charge in [-0.25, -0.2) is 19.3 Å². The minimum atomic E-state index is -0.0269. The van der Waals surface area contributed by atoms with Gasteiger partial charge >= 0.3 is 6.03 Å². The number of rotatable bonds is 8. The van der Waals surface area contributed by atoms with Gasteiger partial charge in [0.1, 0.15) is 6.61 Å². The van der Waals surface area contributed by atoms with Crippen molar-refractivity contribution in [3.05, 3.63) is 42.6 Å². The fourth-order valence-corrected chi connectivity index (χ4v) is 5.39. The van der Waals surface area contributed by atoms with E-state index in [9.17, 15) is 9.59 Å². The molecule has 3 aromatic rings. The SMILES string of the molecule is CCCOCc1ncc(-c2ccn3nc(NC(=O)[C@H]4C[C@@H](N5CCN(C(=O)N(C)C)C[C@@H]5C)C4)cc3c2)cn1. The maximum Gasteiger partial charge on any atom is 0.319 e. The molecule has 3 amide bonds. The van der Waals surface area contributed by atoms with Gasteiger partial charge in [-0.3, -0.25) is 9.69 Å². The standard InChI is InChI=1S/C28H38N8O3/c1-5-10-39-18-26-29-15-22(16-30-26)20-6-7-36-24(11-20)14-25(32-36)31-27(37)21-12-23(13-21)35-9-8-34(17-19(35)2)28(38)33(3)4/h6-7,11,14-16,19,21,23H,5,8-10,12-13,17-18H2,1-4H3,(H,31,32,37)/t19-,21-,23+/m0/s1. The maximum absolute atomic E-state index is 12.9. The van der Waals surface area contributed by atoms with Gasteiger partial charge in [0, 0.05) is 88.6 Å². The number of carbonyl (C=O) groups is 2. The average molecular weight is 535 g/mol. The molecule has 0 unspecified atom stereocenters. The van der Waals surface area contributed by atoms with Crippen LogP contribution in [0.15, 0.2) is 36.8 Å². The summed E-state index contributed by atoms with van der Waals surface area (Å²) in [4.78, 5) is 40.0. The van der Waals surface area contributed by atoms with E-state index in [2.05, 4.69) is 39.1 Å². The van der Waals surface area contributed by atoms with Crippen LogP contribution in [0, 0.1) is 5.92 Å². The van der Waals surface area contributed by atoms with E-state index in [0.29, 0.717) is 30.9 Å². The molecule has 1 N–H and O–H groups in total. The van der Waals surface area contributed by atoms with E-state index in [4.69, 9.17) is 4.74 Å². The van der Waals surface area contributed by atoms with E-state index in [-0.39, 0.29) is 23.9 Å². The van der Waals surface area contributed by atoms with Crippen molar-refractivity contribution in [3.63, 3.8) is 0 Å². The monoisotopic (exact) mass is 534 g/mol. The van der Waals surface area contributed by atoms with Gasteiger partial charge in [0.05, 0.1) is 5.52 Å². The molecular weight excluding hydrogens is 496 g/mol. The molecule has 1 saturated heterocycles. The molecule has 1 aliphatic heterocycles. The third-order valence-corrected chi connectivity index (χ3v) is 7.62. The maximum atomic E-state index is 12.9. The molecule has 3 aromatic heterocycles. The molecule has 2 aliphatic rings. The molecule has 1 atom stereocenters. The molecular formula is C28H38N8O3. The number of urea groups is 1. The first-order chi connectivity index (χ1) is 18.8. The van der Waals surface area contributed by atoms with Crippen molar-refractivity contribution in [2.45, 2.75) is 51.8 Å². The summed E-state index contributed by atoms with van der Waals surface area (Å²) in [7, 11) is 3.57. The third-order valence-electron chi connectivity index (χ3n) is 7.62. The average Bonchev–Trinajstić information content (AvgIpc) is 3.30. The van der Waals surface area contributed by atoms with Gasteiger partial charge in [0.15, 0.2) is 11.6 Å². The van der Waals surface area contributed by atoms with E-state index >= 15 is 0 Å². The van der Waals surface area contributed by atoms with Gasteiger partial charge in [-0.05, 0) is 43.9 Å². The molecule has 11 heteroatoms. The zero-order chi connectivity index (χ0) is 27.5. The number of nitrogens with one attached hydrogen (secondary N) is 1. The minimum Gasteiger partial charge on any atom is -0.373 e. The zero-order valence-corrected chi connectivity index (χ0v) is 23.2. The smallest absolute Gasteiger partial charge is 0.319 e. The van der Waals surface area contributed by atoms with Crippen molar-refractivity contribution in [3.8, 4) is 11.1 Å².